The Morgan fingerprint density at radius 2 is 1.71 bits per heavy atom. The summed E-state index contributed by atoms with van der Waals surface area (Å²) >= 11 is 6.11. The maximum Gasteiger partial charge on any atom is 0.235 e. The normalized spacial score (nSPS) is 14.8. The van der Waals surface area contributed by atoms with Crippen molar-refractivity contribution in [1.29, 1.82) is 0 Å². The molecular weight excluding hydrogens is 326 g/mol. The highest BCUT2D eigenvalue weighted by Crippen LogP contribution is 2.49. The summed E-state index contributed by atoms with van der Waals surface area (Å²) in [5.41, 5.74) is 2.33. The van der Waals surface area contributed by atoms with E-state index in [1.54, 1.807) is 19.2 Å². The average Bonchev–Trinajstić information content (AvgIpc) is 3.38. The Morgan fingerprint density at radius 1 is 1.08 bits per heavy atom. The summed E-state index contributed by atoms with van der Waals surface area (Å²) in [6.45, 7) is 2.04. The van der Waals surface area contributed by atoms with Crippen LogP contribution in [-0.4, -0.2) is 20.1 Å². The van der Waals surface area contributed by atoms with Crippen LogP contribution in [0.25, 0.3) is 0 Å². The average molecular weight is 346 g/mol. The number of aryl methyl sites for hydroxylation is 1. The van der Waals surface area contributed by atoms with Gasteiger partial charge in [0.1, 0.15) is 11.5 Å². The Morgan fingerprint density at radius 3 is 2.25 bits per heavy atom. The quantitative estimate of drug-likeness (QED) is 0.877. The fraction of sp³-hybridized carbons (Fsp3) is 0.316. The molecule has 1 amide bonds. The molecule has 2 aromatic rings. The number of hydrogen-bond acceptors (Lipinski definition) is 3. The maximum absolute atomic E-state index is 12.9. The number of amides is 1. The van der Waals surface area contributed by atoms with E-state index in [9.17, 15) is 4.79 Å². The van der Waals surface area contributed by atoms with E-state index < -0.39 is 5.41 Å². The van der Waals surface area contributed by atoms with Gasteiger partial charge in [-0.1, -0.05) is 41.4 Å². The largest absolute Gasteiger partial charge is 0.495 e. The van der Waals surface area contributed by atoms with E-state index in [-0.39, 0.29) is 5.91 Å². The summed E-state index contributed by atoms with van der Waals surface area (Å²) in [5.74, 6) is 0.968. The number of carbonyl (C=O) groups excluding carboxylic acids is 1. The highest BCUT2D eigenvalue weighted by Gasteiger charge is 2.51. The van der Waals surface area contributed by atoms with Gasteiger partial charge in [-0.25, -0.2) is 0 Å². The first-order chi connectivity index (χ1) is 11.5. The zero-order valence-corrected chi connectivity index (χ0v) is 14.7. The van der Waals surface area contributed by atoms with Gasteiger partial charge in [0.05, 0.1) is 30.3 Å². The molecule has 0 unspecified atom stereocenters. The van der Waals surface area contributed by atoms with E-state index in [1.165, 1.54) is 12.7 Å². The molecule has 1 saturated carbocycles. The number of anilines is 1. The Hall–Kier alpha value is -2.20. The third kappa shape index (κ3) is 2.94. The minimum absolute atomic E-state index is 0.0333. The predicted octanol–water partition coefficient (Wildman–Crippen LogP) is 4.34. The smallest absolute Gasteiger partial charge is 0.235 e. The van der Waals surface area contributed by atoms with E-state index in [0.717, 1.165) is 18.4 Å². The Labute approximate surface area is 146 Å². The predicted molar refractivity (Wildman–Crippen MR) is 95.3 cm³/mol. The molecule has 1 fully saturated rings. The summed E-state index contributed by atoms with van der Waals surface area (Å²) in [6.07, 6.45) is 1.68. The molecule has 1 aliphatic rings. The molecule has 0 aliphatic heterocycles. The minimum Gasteiger partial charge on any atom is -0.495 e. The maximum atomic E-state index is 12.9. The van der Waals surface area contributed by atoms with Crippen LogP contribution < -0.4 is 14.8 Å². The lowest BCUT2D eigenvalue weighted by Gasteiger charge is -2.18. The zero-order chi connectivity index (χ0) is 17.3. The second kappa shape index (κ2) is 6.36. The molecule has 3 rings (SSSR count). The van der Waals surface area contributed by atoms with Gasteiger partial charge in [-0.2, -0.15) is 0 Å². The number of hydrogen-bond donors (Lipinski definition) is 1. The fourth-order valence-corrected chi connectivity index (χ4v) is 3.08. The summed E-state index contributed by atoms with van der Waals surface area (Å²) in [4.78, 5) is 12.9. The zero-order valence-electron chi connectivity index (χ0n) is 14.0. The second-order valence-electron chi connectivity index (χ2n) is 6.09. The topological polar surface area (TPSA) is 47.6 Å². The molecule has 126 valence electrons. The van der Waals surface area contributed by atoms with Crippen LogP contribution in [0.3, 0.4) is 0 Å². The SMILES string of the molecule is COc1cc(NC(=O)C2(c3ccc(C)cc3)CC2)c(OC)cc1Cl. The van der Waals surface area contributed by atoms with Crippen molar-refractivity contribution in [3.05, 3.63) is 52.5 Å². The molecule has 0 spiro atoms. The van der Waals surface area contributed by atoms with Crippen molar-refractivity contribution in [3.8, 4) is 11.5 Å². The van der Waals surface area contributed by atoms with Crippen LogP contribution in [0.1, 0.15) is 24.0 Å². The van der Waals surface area contributed by atoms with Crippen LogP contribution in [0.5, 0.6) is 11.5 Å². The van der Waals surface area contributed by atoms with Crippen LogP contribution in [0.15, 0.2) is 36.4 Å². The van der Waals surface area contributed by atoms with E-state index in [4.69, 9.17) is 21.1 Å². The van der Waals surface area contributed by atoms with Crippen LogP contribution in [0.4, 0.5) is 5.69 Å². The van der Waals surface area contributed by atoms with Gasteiger partial charge in [0.25, 0.3) is 0 Å². The van der Waals surface area contributed by atoms with Crippen LogP contribution in [0.2, 0.25) is 5.02 Å². The van der Waals surface area contributed by atoms with Crippen molar-refractivity contribution >= 4 is 23.2 Å². The van der Waals surface area contributed by atoms with Gasteiger partial charge in [0, 0.05) is 12.1 Å². The van der Waals surface area contributed by atoms with Crippen molar-refractivity contribution < 1.29 is 14.3 Å². The first-order valence-corrected chi connectivity index (χ1v) is 8.18. The molecule has 2 aromatic carbocycles. The molecule has 24 heavy (non-hydrogen) atoms. The molecule has 0 radical (unpaired) electrons. The Bertz CT molecular complexity index is 767. The fourth-order valence-electron chi connectivity index (χ4n) is 2.84. The van der Waals surface area contributed by atoms with E-state index in [2.05, 4.69) is 5.32 Å². The van der Waals surface area contributed by atoms with Crippen molar-refractivity contribution in [3.63, 3.8) is 0 Å². The molecule has 0 atom stereocenters. The van der Waals surface area contributed by atoms with E-state index in [1.807, 2.05) is 31.2 Å². The van der Waals surface area contributed by atoms with Crippen LogP contribution >= 0.6 is 11.6 Å². The first-order valence-electron chi connectivity index (χ1n) is 7.80. The lowest BCUT2D eigenvalue weighted by Crippen LogP contribution is -2.28. The highest BCUT2D eigenvalue weighted by atomic mass is 35.5. The molecule has 5 heteroatoms. The number of halogens is 1. The Kier molecular flexibility index (Phi) is 4.41. The van der Waals surface area contributed by atoms with Gasteiger partial charge in [0.2, 0.25) is 5.91 Å². The lowest BCUT2D eigenvalue weighted by molar-refractivity contribution is -0.118. The number of carbonyl (C=O) groups is 1. The standard InChI is InChI=1S/C19H20ClNO3/c1-12-4-6-13(7-5-12)19(8-9-19)18(22)21-15-11-16(23-2)14(20)10-17(15)24-3/h4-7,10-11H,8-9H2,1-3H3,(H,21,22). The molecular formula is C19H20ClNO3. The van der Waals surface area contributed by atoms with Gasteiger partial charge in [-0.15, -0.1) is 0 Å². The highest BCUT2D eigenvalue weighted by molar-refractivity contribution is 6.32. The van der Waals surface area contributed by atoms with Crippen LogP contribution in [-0.2, 0) is 10.2 Å². The molecule has 4 nitrogen and oxygen atoms in total. The second-order valence-corrected chi connectivity index (χ2v) is 6.50. The monoisotopic (exact) mass is 345 g/mol. The third-order valence-electron chi connectivity index (χ3n) is 4.51. The minimum atomic E-state index is -0.453. The number of nitrogens with one attached hydrogen (secondary N) is 1. The molecule has 1 N–H and O–H groups in total. The summed E-state index contributed by atoms with van der Waals surface area (Å²) in [5, 5.41) is 3.41. The number of methoxy groups -OCH3 is 2. The van der Waals surface area contributed by atoms with Gasteiger partial charge in [-0.3, -0.25) is 4.79 Å². The number of benzene rings is 2. The summed E-state index contributed by atoms with van der Waals surface area (Å²) in [7, 11) is 3.08. The summed E-state index contributed by atoms with van der Waals surface area (Å²) in [6, 6.07) is 11.5. The van der Waals surface area contributed by atoms with Gasteiger partial charge in [0.15, 0.2) is 0 Å². The first kappa shape index (κ1) is 16.7. The Balaban J connectivity index is 1.88. The molecule has 0 aromatic heterocycles. The third-order valence-corrected chi connectivity index (χ3v) is 4.81. The molecule has 0 bridgehead atoms. The molecule has 0 heterocycles. The number of rotatable bonds is 5. The van der Waals surface area contributed by atoms with E-state index in [0.29, 0.717) is 22.2 Å². The number of ether oxygens (including phenoxy) is 2. The van der Waals surface area contributed by atoms with Crippen molar-refractivity contribution in [1.82, 2.24) is 0 Å². The van der Waals surface area contributed by atoms with Crippen LogP contribution in [0, 0.1) is 6.92 Å². The van der Waals surface area contributed by atoms with Crippen molar-refractivity contribution in [2.75, 3.05) is 19.5 Å². The van der Waals surface area contributed by atoms with Gasteiger partial charge < -0.3 is 14.8 Å². The van der Waals surface area contributed by atoms with Crippen molar-refractivity contribution in [2.45, 2.75) is 25.2 Å². The molecule has 0 saturated heterocycles. The van der Waals surface area contributed by atoms with Crippen molar-refractivity contribution in [2.24, 2.45) is 0 Å². The van der Waals surface area contributed by atoms with E-state index >= 15 is 0 Å². The van der Waals surface area contributed by atoms with Gasteiger partial charge in [-0.05, 0) is 25.3 Å². The summed E-state index contributed by atoms with van der Waals surface area (Å²) < 4.78 is 10.6. The lowest BCUT2D eigenvalue weighted by atomic mass is 9.94. The molecule has 1 aliphatic carbocycles. The van der Waals surface area contributed by atoms with Gasteiger partial charge >= 0.3 is 0 Å².